The molecule has 0 bridgehead atoms. The number of carbonyl (C=O) groups excluding carboxylic acids is 1. The maximum atomic E-state index is 13.6. The van der Waals surface area contributed by atoms with E-state index in [0.717, 1.165) is 0 Å². The lowest BCUT2D eigenvalue weighted by Crippen LogP contribution is -2.50. The van der Waals surface area contributed by atoms with Gasteiger partial charge in [0, 0.05) is 26.2 Å². The molecule has 0 saturated carbocycles. The van der Waals surface area contributed by atoms with Crippen molar-refractivity contribution in [3.8, 4) is 10.6 Å². The number of amides is 1. The maximum Gasteiger partial charge on any atom is 0.410 e. The number of nitrogens with zero attached hydrogens (tertiary/aromatic N) is 5. The smallest absolute Gasteiger partial charge is 0.410 e. The van der Waals surface area contributed by atoms with E-state index in [1.807, 2.05) is 25.7 Å². The van der Waals surface area contributed by atoms with Crippen LogP contribution in [0.3, 0.4) is 0 Å². The molecular formula is C16H20FN5O2S. The van der Waals surface area contributed by atoms with E-state index in [1.54, 1.807) is 10.4 Å². The number of hydrogen-bond acceptors (Lipinski definition) is 7. The monoisotopic (exact) mass is 365 g/mol. The van der Waals surface area contributed by atoms with E-state index in [-0.39, 0.29) is 6.09 Å². The number of rotatable bonds is 2. The second-order valence-corrected chi connectivity index (χ2v) is 7.56. The average molecular weight is 365 g/mol. The summed E-state index contributed by atoms with van der Waals surface area (Å²) in [5, 5.41) is 8.45. The first-order valence-electron chi connectivity index (χ1n) is 7.98. The van der Waals surface area contributed by atoms with E-state index in [1.165, 1.54) is 23.6 Å². The number of ether oxygens (including phenoxy) is 1. The molecule has 1 fully saturated rings. The Morgan fingerprint density at radius 3 is 2.60 bits per heavy atom. The van der Waals surface area contributed by atoms with Gasteiger partial charge >= 0.3 is 6.09 Å². The van der Waals surface area contributed by atoms with Gasteiger partial charge in [-0.25, -0.2) is 14.2 Å². The number of piperazine rings is 1. The standard InChI is InChI=1S/C16H20FN5O2S/c1-16(2,3)24-15(23)22-6-4-21(5-7-22)13-12(8-11(17)9-18-13)14-20-19-10-25-14/h8-10H,4-7H2,1-3H3. The van der Waals surface area contributed by atoms with Gasteiger partial charge in [-0.2, -0.15) is 0 Å². The highest BCUT2D eigenvalue weighted by Gasteiger charge is 2.27. The molecule has 2 aromatic heterocycles. The minimum atomic E-state index is -0.516. The first-order chi connectivity index (χ1) is 11.8. The largest absolute Gasteiger partial charge is 0.444 e. The first kappa shape index (κ1) is 17.5. The molecule has 134 valence electrons. The van der Waals surface area contributed by atoms with Crippen LogP contribution in [0.1, 0.15) is 20.8 Å². The van der Waals surface area contributed by atoms with Gasteiger partial charge in [0.2, 0.25) is 0 Å². The zero-order valence-electron chi connectivity index (χ0n) is 14.4. The minimum Gasteiger partial charge on any atom is -0.444 e. The third-order valence-corrected chi connectivity index (χ3v) is 4.38. The van der Waals surface area contributed by atoms with E-state index >= 15 is 0 Å². The fourth-order valence-corrected chi connectivity index (χ4v) is 3.12. The highest BCUT2D eigenvalue weighted by Crippen LogP contribution is 2.31. The van der Waals surface area contributed by atoms with Crippen LogP contribution >= 0.6 is 11.3 Å². The Labute approximate surface area is 149 Å². The lowest BCUT2D eigenvalue weighted by Gasteiger charge is -2.36. The zero-order chi connectivity index (χ0) is 18.0. The molecule has 0 aliphatic carbocycles. The summed E-state index contributed by atoms with van der Waals surface area (Å²) in [5.74, 6) is 0.239. The Kier molecular flexibility index (Phi) is 4.85. The van der Waals surface area contributed by atoms with Gasteiger partial charge in [-0.05, 0) is 26.8 Å². The minimum absolute atomic E-state index is 0.316. The van der Waals surface area contributed by atoms with Crippen molar-refractivity contribution in [3.63, 3.8) is 0 Å². The molecule has 1 aliphatic heterocycles. The van der Waals surface area contributed by atoms with Crippen molar-refractivity contribution in [2.45, 2.75) is 26.4 Å². The lowest BCUT2D eigenvalue weighted by molar-refractivity contribution is 0.0240. The van der Waals surface area contributed by atoms with E-state index in [4.69, 9.17) is 4.74 Å². The second kappa shape index (κ2) is 6.91. The van der Waals surface area contributed by atoms with Gasteiger partial charge in [0.25, 0.3) is 0 Å². The van der Waals surface area contributed by atoms with Crippen molar-refractivity contribution in [1.82, 2.24) is 20.1 Å². The first-order valence-corrected chi connectivity index (χ1v) is 8.86. The van der Waals surface area contributed by atoms with Crippen molar-refractivity contribution in [3.05, 3.63) is 23.6 Å². The maximum absolute atomic E-state index is 13.6. The summed E-state index contributed by atoms with van der Waals surface area (Å²) in [6, 6.07) is 1.42. The molecule has 9 heteroatoms. The average Bonchev–Trinajstić information content (AvgIpc) is 3.08. The zero-order valence-corrected chi connectivity index (χ0v) is 15.2. The van der Waals surface area contributed by atoms with Crippen LogP contribution in [0.2, 0.25) is 0 Å². The van der Waals surface area contributed by atoms with Crippen LogP contribution < -0.4 is 4.90 Å². The van der Waals surface area contributed by atoms with Gasteiger partial charge < -0.3 is 14.5 Å². The van der Waals surface area contributed by atoms with Crippen LogP contribution in [0.15, 0.2) is 17.8 Å². The molecule has 1 amide bonds. The van der Waals surface area contributed by atoms with Crippen molar-refractivity contribution < 1.29 is 13.9 Å². The lowest BCUT2D eigenvalue weighted by atomic mass is 10.2. The second-order valence-electron chi connectivity index (χ2n) is 6.72. The van der Waals surface area contributed by atoms with Crippen molar-refractivity contribution in [2.24, 2.45) is 0 Å². The van der Waals surface area contributed by atoms with Crippen molar-refractivity contribution in [1.29, 1.82) is 0 Å². The molecule has 0 atom stereocenters. The molecule has 3 rings (SSSR count). The molecule has 1 aliphatic rings. The van der Waals surface area contributed by atoms with Crippen LogP contribution in [0.5, 0.6) is 0 Å². The van der Waals surface area contributed by atoms with Crippen LogP contribution in [-0.2, 0) is 4.74 Å². The van der Waals surface area contributed by atoms with Gasteiger partial charge in [0.05, 0.1) is 11.8 Å². The number of carbonyl (C=O) groups is 1. The third kappa shape index (κ3) is 4.22. The Morgan fingerprint density at radius 1 is 1.28 bits per heavy atom. The van der Waals surface area contributed by atoms with Gasteiger partial charge in [0.1, 0.15) is 22.7 Å². The molecule has 3 heterocycles. The molecule has 0 N–H and O–H groups in total. The van der Waals surface area contributed by atoms with Crippen LogP contribution in [0.4, 0.5) is 15.0 Å². The number of halogens is 1. The predicted octanol–water partition coefficient (Wildman–Crippen LogP) is 2.80. The summed E-state index contributed by atoms with van der Waals surface area (Å²) in [5.41, 5.74) is 1.70. The fourth-order valence-electron chi connectivity index (χ4n) is 2.56. The van der Waals surface area contributed by atoms with Crippen molar-refractivity contribution >= 4 is 23.2 Å². The predicted molar refractivity (Wildman–Crippen MR) is 93.1 cm³/mol. The Morgan fingerprint density at radius 2 is 2.00 bits per heavy atom. The summed E-state index contributed by atoms with van der Waals surface area (Å²) >= 11 is 1.33. The van der Waals surface area contributed by atoms with E-state index < -0.39 is 11.4 Å². The number of aromatic nitrogens is 3. The molecule has 0 unspecified atom stereocenters. The summed E-state index contributed by atoms with van der Waals surface area (Å²) in [6.07, 6.45) is 0.878. The number of hydrogen-bond donors (Lipinski definition) is 0. The fraction of sp³-hybridized carbons (Fsp3) is 0.500. The highest BCUT2D eigenvalue weighted by atomic mass is 32.1. The summed E-state index contributed by atoms with van der Waals surface area (Å²) in [4.78, 5) is 20.1. The summed E-state index contributed by atoms with van der Waals surface area (Å²) in [7, 11) is 0. The summed E-state index contributed by atoms with van der Waals surface area (Å²) < 4.78 is 19.0. The van der Waals surface area contributed by atoms with E-state index in [0.29, 0.717) is 42.6 Å². The quantitative estimate of drug-likeness (QED) is 0.815. The molecule has 0 radical (unpaired) electrons. The number of anilines is 1. The van der Waals surface area contributed by atoms with Crippen molar-refractivity contribution in [2.75, 3.05) is 31.1 Å². The molecule has 0 aromatic carbocycles. The summed E-state index contributed by atoms with van der Waals surface area (Å²) in [6.45, 7) is 7.74. The number of pyridine rings is 1. The van der Waals surface area contributed by atoms with Gasteiger partial charge in [-0.15, -0.1) is 10.2 Å². The Bertz CT molecular complexity index is 739. The van der Waals surface area contributed by atoms with Gasteiger partial charge in [0.15, 0.2) is 5.01 Å². The molecule has 1 saturated heterocycles. The van der Waals surface area contributed by atoms with Gasteiger partial charge in [-0.1, -0.05) is 11.3 Å². The highest BCUT2D eigenvalue weighted by molar-refractivity contribution is 7.12. The SMILES string of the molecule is CC(C)(C)OC(=O)N1CCN(c2ncc(F)cc2-c2nncs2)CC1. The van der Waals surface area contributed by atoms with Crippen LogP contribution in [0, 0.1) is 5.82 Å². The Hall–Kier alpha value is -2.29. The molecule has 0 spiro atoms. The normalized spacial score (nSPS) is 15.4. The molecular weight excluding hydrogens is 345 g/mol. The third-order valence-electron chi connectivity index (χ3n) is 3.65. The topological polar surface area (TPSA) is 71.5 Å². The molecule has 2 aromatic rings. The Balaban J connectivity index is 1.73. The van der Waals surface area contributed by atoms with Crippen LogP contribution in [0.25, 0.3) is 10.6 Å². The van der Waals surface area contributed by atoms with E-state index in [9.17, 15) is 9.18 Å². The van der Waals surface area contributed by atoms with Gasteiger partial charge in [-0.3, -0.25) is 0 Å². The van der Waals surface area contributed by atoms with Crippen LogP contribution in [-0.4, -0.2) is 58.0 Å². The molecule has 25 heavy (non-hydrogen) atoms. The molecule has 7 nitrogen and oxygen atoms in total. The van der Waals surface area contributed by atoms with E-state index in [2.05, 4.69) is 15.2 Å².